The average molecular weight is 847 g/mol. The second-order valence-corrected chi connectivity index (χ2v) is 19.3. The molecule has 1 saturated heterocycles. The molecule has 1 heterocycles. The number of nitrogens with zero attached hydrogens (tertiary/aromatic N) is 2. The van der Waals surface area contributed by atoms with Crippen molar-refractivity contribution in [1.82, 2.24) is 9.80 Å². The van der Waals surface area contributed by atoms with Crippen LogP contribution >= 0.6 is 0 Å². The zero-order valence-electron chi connectivity index (χ0n) is 41.2. The van der Waals surface area contributed by atoms with Crippen molar-refractivity contribution >= 4 is 11.9 Å². The van der Waals surface area contributed by atoms with Crippen molar-refractivity contribution in [1.29, 1.82) is 0 Å². The molecule has 2 atom stereocenters. The highest BCUT2D eigenvalue weighted by Gasteiger charge is 2.18. The molecule has 0 aromatic rings. The summed E-state index contributed by atoms with van der Waals surface area (Å²) < 4.78 is 12.0. The Morgan fingerprint density at radius 3 is 1.07 bits per heavy atom. The van der Waals surface area contributed by atoms with Crippen molar-refractivity contribution in [2.24, 2.45) is 11.8 Å². The van der Waals surface area contributed by atoms with Crippen molar-refractivity contribution in [3.63, 3.8) is 0 Å². The Bertz CT molecular complexity index is 848. The number of carbonyl (C=O) groups excluding carboxylic acids is 2. The van der Waals surface area contributed by atoms with Crippen LogP contribution in [-0.4, -0.2) is 74.2 Å². The molecule has 0 aromatic heterocycles. The van der Waals surface area contributed by atoms with E-state index in [2.05, 4.69) is 37.5 Å². The third-order valence-electron chi connectivity index (χ3n) is 13.5. The van der Waals surface area contributed by atoms with Gasteiger partial charge in [0.2, 0.25) is 0 Å². The minimum Gasteiger partial charge on any atom is -0.465 e. The van der Waals surface area contributed by atoms with Crippen LogP contribution in [0.3, 0.4) is 0 Å². The van der Waals surface area contributed by atoms with Gasteiger partial charge < -0.3 is 19.3 Å². The fourth-order valence-corrected chi connectivity index (χ4v) is 9.26. The summed E-state index contributed by atoms with van der Waals surface area (Å²) >= 11 is 0. The molecule has 2 unspecified atom stereocenters. The van der Waals surface area contributed by atoms with E-state index in [1.807, 2.05) is 0 Å². The Morgan fingerprint density at radius 2 is 0.733 bits per heavy atom. The first-order valence-electron chi connectivity index (χ1n) is 27.3. The molecule has 6 heteroatoms. The maximum atomic E-state index is 13.2. The highest BCUT2D eigenvalue weighted by Crippen LogP contribution is 2.22. The number of hydrogen-bond donors (Lipinski definition) is 0. The molecule has 0 spiro atoms. The van der Waals surface area contributed by atoms with Crippen molar-refractivity contribution in [3.8, 4) is 0 Å². The normalized spacial score (nSPS) is 14.3. The third-order valence-corrected chi connectivity index (χ3v) is 13.5. The van der Waals surface area contributed by atoms with E-state index >= 15 is 0 Å². The topological polar surface area (TPSA) is 59.1 Å². The van der Waals surface area contributed by atoms with Gasteiger partial charge in [-0.25, -0.2) is 0 Å². The van der Waals surface area contributed by atoms with E-state index in [0.717, 1.165) is 19.5 Å². The molecular formula is C54H106N2O4. The number of hydrogen-bond acceptors (Lipinski definition) is 6. The van der Waals surface area contributed by atoms with E-state index in [9.17, 15) is 9.59 Å². The van der Waals surface area contributed by atoms with Crippen LogP contribution in [-0.2, 0) is 19.1 Å². The fraction of sp³-hybridized carbons (Fsp3) is 0.963. The van der Waals surface area contributed by atoms with Crippen LogP contribution in [0, 0.1) is 11.8 Å². The molecule has 60 heavy (non-hydrogen) atoms. The van der Waals surface area contributed by atoms with E-state index in [0.29, 0.717) is 51.0 Å². The first kappa shape index (κ1) is 56.9. The fourth-order valence-electron chi connectivity index (χ4n) is 9.26. The van der Waals surface area contributed by atoms with E-state index in [1.54, 1.807) is 0 Å². The minimum absolute atomic E-state index is 0.0676. The number of carbonyl (C=O) groups is 2. The third kappa shape index (κ3) is 37.4. The van der Waals surface area contributed by atoms with Gasteiger partial charge in [0, 0.05) is 13.1 Å². The van der Waals surface area contributed by atoms with Crippen molar-refractivity contribution in [3.05, 3.63) is 0 Å². The van der Waals surface area contributed by atoms with E-state index in [4.69, 9.17) is 9.47 Å². The molecule has 0 bridgehead atoms. The quantitative estimate of drug-likeness (QED) is 0.0449. The standard InChI is InChI=1S/C54H106N2O4/c1-5-9-13-17-21-23-27-31-39-51(37-29-25-19-15-11-7-3)49-59-53(57)41-47-56(46-36-35-45-55-43-33-34-44-55)48-42-54(58)60-50-52(38-30-26-20-16-12-8-4)40-32-28-24-22-18-14-10-6-2/h51-52H,5-50H2,1-4H3. The molecule has 0 saturated carbocycles. The second kappa shape index (κ2) is 44.5. The van der Waals surface area contributed by atoms with Crippen LogP contribution in [0.4, 0.5) is 0 Å². The van der Waals surface area contributed by atoms with Crippen LogP contribution in [0.2, 0.25) is 0 Å². The molecule has 0 aliphatic carbocycles. The zero-order valence-corrected chi connectivity index (χ0v) is 41.2. The maximum Gasteiger partial charge on any atom is 0.307 e. The number of esters is 2. The van der Waals surface area contributed by atoms with Crippen molar-refractivity contribution in [2.75, 3.05) is 52.5 Å². The lowest BCUT2D eigenvalue weighted by Crippen LogP contribution is -2.31. The van der Waals surface area contributed by atoms with Crippen LogP contribution in [0.5, 0.6) is 0 Å². The van der Waals surface area contributed by atoms with E-state index in [1.165, 1.54) is 238 Å². The molecule has 6 nitrogen and oxygen atoms in total. The number of rotatable bonds is 47. The average Bonchev–Trinajstić information content (AvgIpc) is 3.78. The van der Waals surface area contributed by atoms with Gasteiger partial charge in [-0.15, -0.1) is 0 Å². The predicted molar refractivity (Wildman–Crippen MR) is 260 cm³/mol. The molecule has 1 aliphatic heterocycles. The summed E-state index contributed by atoms with van der Waals surface area (Å²) in [4.78, 5) is 31.4. The van der Waals surface area contributed by atoms with Gasteiger partial charge in [-0.1, -0.05) is 207 Å². The van der Waals surface area contributed by atoms with Crippen molar-refractivity contribution in [2.45, 2.75) is 272 Å². The van der Waals surface area contributed by atoms with Crippen LogP contribution < -0.4 is 0 Å². The summed E-state index contributed by atoms with van der Waals surface area (Å²) in [7, 11) is 0. The lowest BCUT2D eigenvalue weighted by Gasteiger charge is -2.23. The molecule has 0 amide bonds. The van der Waals surface area contributed by atoms with E-state index in [-0.39, 0.29) is 11.9 Å². The summed E-state index contributed by atoms with van der Waals surface area (Å²) in [5.41, 5.74) is 0. The molecule has 356 valence electrons. The molecule has 1 rings (SSSR count). The SMILES string of the molecule is CCCCCCCCCCC(CCCCCCCC)COC(=O)CCN(CCCCN1CCCC1)CCC(=O)OCC(CCCCCCCC)CCCCCCCCCC. The smallest absolute Gasteiger partial charge is 0.307 e. The maximum absolute atomic E-state index is 13.2. The van der Waals surface area contributed by atoms with Gasteiger partial charge in [0.1, 0.15) is 0 Å². The monoisotopic (exact) mass is 847 g/mol. The zero-order chi connectivity index (χ0) is 43.4. The summed E-state index contributed by atoms with van der Waals surface area (Å²) in [5, 5.41) is 0. The number of unbranched alkanes of at least 4 members (excludes halogenated alkanes) is 25. The van der Waals surface area contributed by atoms with Crippen LogP contribution in [0.15, 0.2) is 0 Å². The Balaban J connectivity index is 2.63. The first-order valence-corrected chi connectivity index (χ1v) is 27.3. The van der Waals surface area contributed by atoms with E-state index < -0.39 is 0 Å². The Morgan fingerprint density at radius 1 is 0.417 bits per heavy atom. The van der Waals surface area contributed by atoms with Gasteiger partial charge in [-0.05, 0) is 89.4 Å². The first-order chi connectivity index (χ1) is 29.5. The molecule has 0 N–H and O–H groups in total. The van der Waals surface area contributed by atoms with Gasteiger partial charge in [0.05, 0.1) is 26.1 Å². The van der Waals surface area contributed by atoms with Gasteiger partial charge in [-0.3, -0.25) is 9.59 Å². The summed E-state index contributed by atoms with van der Waals surface area (Å²) in [6, 6.07) is 0. The van der Waals surface area contributed by atoms with Gasteiger partial charge in [0.15, 0.2) is 0 Å². The molecule has 0 aromatic carbocycles. The molecular weight excluding hydrogens is 741 g/mol. The van der Waals surface area contributed by atoms with Gasteiger partial charge in [-0.2, -0.15) is 0 Å². The lowest BCUT2D eigenvalue weighted by atomic mass is 9.94. The van der Waals surface area contributed by atoms with Crippen LogP contribution in [0.25, 0.3) is 0 Å². The Hall–Kier alpha value is -1.14. The lowest BCUT2D eigenvalue weighted by molar-refractivity contribution is -0.145. The van der Waals surface area contributed by atoms with Gasteiger partial charge in [0.25, 0.3) is 0 Å². The molecule has 0 radical (unpaired) electrons. The summed E-state index contributed by atoms with van der Waals surface area (Å²) in [6.07, 6.45) is 47.6. The summed E-state index contributed by atoms with van der Waals surface area (Å²) in [5.74, 6) is 0.832. The Kier molecular flexibility index (Phi) is 42.2. The van der Waals surface area contributed by atoms with Crippen LogP contribution in [0.1, 0.15) is 272 Å². The molecule has 1 fully saturated rings. The highest BCUT2D eigenvalue weighted by atomic mass is 16.5. The summed E-state index contributed by atoms with van der Waals surface area (Å²) in [6.45, 7) is 16.2. The van der Waals surface area contributed by atoms with Crippen molar-refractivity contribution < 1.29 is 19.1 Å². The largest absolute Gasteiger partial charge is 0.465 e. The van der Waals surface area contributed by atoms with Gasteiger partial charge >= 0.3 is 11.9 Å². The number of ether oxygens (including phenoxy) is 2. The molecule has 1 aliphatic rings. The number of likely N-dealkylation sites (tertiary alicyclic amines) is 1. The second-order valence-electron chi connectivity index (χ2n) is 19.3. The highest BCUT2D eigenvalue weighted by molar-refractivity contribution is 5.70. The minimum atomic E-state index is -0.0676. The Labute approximate surface area is 375 Å². The predicted octanol–water partition coefficient (Wildman–Crippen LogP) is 15.8.